The lowest BCUT2D eigenvalue weighted by Crippen LogP contribution is -2.42. The first-order valence-electron chi connectivity index (χ1n) is 14.5. The maximum Gasteiger partial charge on any atom is 0.264 e. The molecular formula is C34H32ClN3O5S. The number of ether oxygens (including phenoxy) is 1. The van der Waals surface area contributed by atoms with Crippen LogP contribution in [0.1, 0.15) is 46.3 Å². The van der Waals surface area contributed by atoms with Gasteiger partial charge in [-0.25, -0.2) is 18.1 Å². The summed E-state index contributed by atoms with van der Waals surface area (Å²) < 4.78 is 35.4. The number of benzene rings is 3. The van der Waals surface area contributed by atoms with Gasteiger partial charge in [0.25, 0.3) is 15.9 Å². The zero-order chi connectivity index (χ0) is 30.7. The van der Waals surface area contributed by atoms with Crippen molar-refractivity contribution in [1.29, 1.82) is 0 Å². The van der Waals surface area contributed by atoms with Crippen molar-refractivity contribution in [1.82, 2.24) is 14.6 Å². The number of nitrogens with zero attached hydrogens (tertiary/aromatic N) is 2. The third-order valence-corrected chi connectivity index (χ3v) is 9.90. The Morgan fingerprint density at radius 2 is 1.75 bits per heavy atom. The van der Waals surface area contributed by atoms with Gasteiger partial charge in [0.1, 0.15) is 5.75 Å². The number of halogens is 1. The molecule has 0 bridgehead atoms. The van der Waals surface area contributed by atoms with Crippen LogP contribution < -0.4 is 9.46 Å². The molecule has 226 valence electrons. The minimum absolute atomic E-state index is 0.0181. The molecule has 2 aliphatic heterocycles. The molecule has 2 N–H and O–H groups in total. The van der Waals surface area contributed by atoms with Crippen LogP contribution in [0.3, 0.4) is 0 Å². The van der Waals surface area contributed by atoms with Gasteiger partial charge in [0.2, 0.25) is 5.88 Å². The molecule has 10 heteroatoms. The highest BCUT2D eigenvalue weighted by atomic mass is 35.5. The molecule has 8 nitrogen and oxygen atoms in total. The van der Waals surface area contributed by atoms with Crippen molar-refractivity contribution in [2.75, 3.05) is 19.6 Å². The van der Waals surface area contributed by atoms with E-state index in [9.17, 15) is 18.3 Å². The average molecular weight is 630 g/mol. The summed E-state index contributed by atoms with van der Waals surface area (Å²) in [4.78, 5) is 19.5. The fraction of sp³-hybridized carbons (Fsp3) is 0.235. The van der Waals surface area contributed by atoms with Gasteiger partial charge in [0.15, 0.2) is 0 Å². The lowest BCUT2D eigenvalue weighted by molar-refractivity contribution is -0.0254. The van der Waals surface area contributed by atoms with Crippen LogP contribution in [0, 0.1) is 0 Å². The molecule has 3 aromatic carbocycles. The normalized spacial score (nSPS) is 17.2. The van der Waals surface area contributed by atoms with Gasteiger partial charge in [-0.15, -0.1) is 0 Å². The van der Waals surface area contributed by atoms with Crippen molar-refractivity contribution in [3.63, 3.8) is 0 Å². The number of aromatic nitrogens is 1. The van der Waals surface area contributed by atoms with Gasteiger partial charge in [0, 0.05) is 54.0 Å². The summed E-state index contributed by atoms with van der Waals surface area (Å²) in [5, 5.41) is 11.9. The van der Waals surface area contributed by atoms with Crippen LogP contribution in [-0.2, 0) is 22.0 Å². The van der Waals surface area contributed by atoms with Crippen LogP contribution in [0.2, 0.25) is 5.02 Å². The maximum absolute atomic E-state index is 13.5. The number of amides is 1. The van der Waals surface area contributed by atoms with E-state index in [4.69, 9.17) is 16.3 Å². The van der Waals surface area contributed by atoms with Crippen molar-refractivity contribution >= 4 is 33.1 Å². The van der Waals surface area contributed by atoms with Gasteiger partial charge in [0.05, 0.1) is 10.5 Å². The second kappa shape index (κ2) is 12.5. The van der Waals surface area contributed by atoms with Crippen molar-refractivity contribution in [2.24, 2.45) is 0 Å². The highest BCUT2D eigenvalue weighted by Gasteiger charge is 2.34. The number of nitrogens with one attached hydrogen (secondary N) is 1. The second-order valence-corrected chi connectivity index (χ2v) is 13.2. The van der Waals surface area contributed by atoms with E-state index in [0.29, 0.717) is 41.5 Å². The number of carbonyl (C=O) groups excluding carboxylic acids is 1. The lowest BCUT2D eigenvalue weighted by atomic mass is 9.84. The van der Waals surface area contributed by atoms with E-state index in [1.165, 1.54) is 6.07 Å². The molecule has 44 heavy (non-hydrogen) atoms. The molecule has 3 heterocycles. The fourth-order valence-electron chi connectivity index (χ4n) is 5.80. The third kappa shape index (κ3) is 6.42. The van der Waals surface area contributed by atoms with E-state index in [-0.39, 0.29) is 16.9 Å². The number of likely N-dealkylation sites (tertiary alicyclic amines) is 1. The number of fused-ring (bicyclic) bond motifs is 2. The zero-order valence-corrected chi connectivity index (χ0v) is 25.5. The van der Waals surface area contributed by atoms with Gasteiger partial charge >= 0.3 is 0 Å². The van der Waals surface area contributed by atoms with Crippen molar-refractivity contribution in [3.05, 3.63) is 124 Å². The third-order valence-electron chi connectivity index (χ3n) is 8.23. The van der Waals surface area contributed by atoms with E-state index in [0.717, 1.165) is 36.3 Å². The van der Waals surface area contributed by atoms with Crippen LogP contribution in [0.25, 0.3) is 5.57 Å². The molecule has 1 saturated heterocycles. The van der Waals surface area contributed by atoms with E-state index < -0.39 is 21.5 Å². The smallest absolute Gasteiger partial charge is 0.264 e. The molecule has 0 aliphatic carbocycles. The lowest BCUT2D eigenvalue weighted by Gasteiger charge is -2.38. The largest absolute Gasteiger partial charge is 0.438 e. The zero-order valence-electron chi connectivity index (χ0n) is 23.9. The number of sulfonamides is 1. The summed E-state index contributed by atoms with van der Waals surface area (Å²) >= 11 is 6.03. The molecule has 0 radical (unpaired) electrons. The minimum Gasteiger partial charge on any atom is -0.438 e. The quantitative estimate of drug-likeness (QED) is 0.260. The first kappa shape index (κ1) is 30.0. The molecule has 1 aromatic heterocycles. The Balaban J connectivity index is 1.21. The fourth-order valence-corrected chi connectivity index (χ4v) is 7.15. The summed E-state index contributed by atoms with van der Waals surface area (Å²) in [5.74, 6) is 0.0650. The second-order valence-electron chi connectivity index (χ2n) is 11.1. The molecule has 2 aliphatic rings. The van der Waals surface area contributed by atoms with Crippen molar-refractivity contribution in [2.45, 2.75) is 36.2 Å². The summed E-state index contributed by atoms with van der Waals surface area (Å²) in [6.07, 6.45) is 5.96. The first-order chi connectivity index (χ1) is 21.2. The van der Waals surface area contributed by atoms with E-state index >= 15 is 0 Å². The Kier molecular flexibility index (Phi) is 8.55. The van der Waals surface area contributed by atoms with E-state index in [1.807, 2.05) is 36.4 Å². The Hall–Kier alpha value is -4.02. The van der Waals surface area contributed by atoms with E-state index in [1.54, 1.807) is 48.7 Å². The topological polar surface area (TPSA) is 109 Å². The van der Waals surface area contributed by atoms with Crippen LogP contribution in [0.5, 0.6) is 11.6 Å². The summed E-state index contributed by atoms with van der Waals surface area (Å²) in [5.41, 5.74) is 2.39. The summed E-state index contributed by atoms with van der Waals surface area (Å²) in [7, 11) is -4.22. The summed E-state index contributed by atoms with van der Waals surface area (Å²) in [6, 6.07) is 24.2. The number of allylic oxidation sites excluding steroid dienone is 1. The predicted octanol–water partition coefficient (Wildman–Crippen LogP) is 5.96. The van der Waals surface area contributed by atoms with Gasteiger partial charge < -0.3 is 14.7 Å². The highest BCUT2D eigenvalue weighted by Crippen LogP contribution is 2.40. The molecule has 6 rings (SSSR count). The van der Waals surface area contributed by atoms with Crippen LogP contribution in [0.15, 0.2) is 102 Å². The SMILES string of the molecule is O=C(NS(=O)(=O)c1cccc2c1CC(=CCCN1CCC(O)(c3ccc(Cl)cc3)CC1)c1cccnc1O2)c1ccccc1. The van der Waals surface area contributed by atoms with Gasteiger partial charge in [-0.05, 0) is 78.9 Å². The standard InChI is InChI=1S/C34H32ClN3O5S/c35-27-15-13-26(14-16-27)34(40)17-21-38(22-18-34)20-6-9-25-23-29-30(43-33-28(25)10-5-19-36-33)11-4-12-31(29)44(41,42)37-32(39)24-7-2-1-3-8-24/h1-5,7-16,19,40H,6,17-18,20-23H2,(H,37,39). The molecule has 0 spiro atoms. The Bertz CT molecular complexity index is 1800. The number of hydrogen-bond donors (Lipinski definition) is 2. The van der Waals surface area contributed by atoms with E-state index in [2.05, 4.69) is 20.7 Å². The summed E-state index contributed by atoms with van der Waals surface area (Å²) in [6.45, 7) is 2.27. The highest BCUT2D eigenvalue weighted by molar-refractivity contribution is 7.90. The Morgan fingerprint density at radius 3 is 2.50 bits per heavy atom. The van der Waals surface area contributed by atoms with Gasteiger partial charge in [-0.2, -0.15) is 0 Å². The van der Waals surface area contributed by atoms with Crippen LogP contribution in [0.4, 0.5) is 0 Å². The van der Waals surface area contributed by atoms with Gasteiger partial charge in [-0.3, -0.25) is 4.79 Å². The van der Waals surface area contributed by atoms with Crippen LogP contribution >= 0.6 is 11.6 Å². The molecule has 1 amide bonds. The molecular weight excluding hydrogens is 598 g/mol. The average Bonchev–Trinajstić information content (AvgIpc) is 3.19. The maximum atomic E-state index is 13.5. The number of hydrogen-bond acceptors (Lipinski definition) is 7. The Morgan fingerprint density at radius 1 is 1.00 bits per heavy atom. The number of pyridine rings is 1. The Labute approximate surface area is 262 Å². The van der Waals surface area contributed by atoms with Gasteiger partial charge in [-0.1, -0.05) is 54.1 Å². The molecule has 1 fully saturated rings. The number of piperidine rings is 1. The predicted molar refractivity (Wildman–Crippen MR) is 169 cm³/mol. The first-order valence-corrected chi connectivity index (χ1v) is 16.4. The van der Waals surface area contributed by atoms with Crippen molar-refractivity contribution < 1.29 is 23.1 Å². The molecule has 4 aromatic rings. The number of aliphatic hydroxyl groups is 1. The molecule has 0 unspecified atom stereocenters. The minimum atomic E-state index is -4.22. The monoisotopic (exact) mass is 629 g/mol. The van der Waals surface area contributed by atoms with Crippen LogP contribution in [-0.4, -0.2) is 48.9 Å². The van der Waals surface area contributed by atoms with Crippen molar-refractivity contribution in [3.8, 4) is 11.6 Å². The molecule has 0 saturated carbocycles. The molecule has 0 atom stereocenters. The number of carbonyl (C=O) groups is 1. The number of rotatable bonds is 7.